The summed E-state index contributed by atoms with van der Waals surface area (Å²) in [6, 6.07) is 69.8. The molecule has 9 rings (SSSR count). The summed E-state index contributed by atoms with van der Waals surface area (Å²) in [5, 5.41) is 12.8. The SMILES string of the molecule is Clc1ccc([Si]([O][V+2]([O][Si](c2ccc(Cl)cc2)(c2ccc(Cl)cc2)c2ccc(Cl)cc2)[O][Si](c2ccc(Cl)cc2)(c2ccc(Cl)cc2)c2ccc(Cl)cc2)(c2ccc(Cl)cc2)c2ccc(Cl)cc2)cc1.[O-2]. The minimum Gasteiger partial charge on any atom is -2.00 e. The van der Waals surface area contributed by atoms with Crippen molar-refractivity contribution in [2.75, 3.05) is 0 Å². The minimum absolute atomic E-state index is 0. The van der Waals surface area contributed by atoms with Crippen LogP contribution < -0.4 is 46.7 Å². The summed E-state index contributed by atoms with van der Waals surface area (Å²) in [7, 11) is -11.6. The summed E-state index contributed by atoms with van der Waals surface area (Å²) >= 11 is 56.4. The molecule has 0 N–H and O–H groups in total. The van der Waals surface area contributed by atoms with Crippen LogP contribution in [0.4, 0.5) is 0 Å². The van der Waals surface area contributed by atoms with Gasteiger partial charge in [-0.15, -0.1) is 0 Å². The second-order valence-electron chi connectivity index (χ2n) is 16.1. The zero-order valence-corrected chi connectivity index (χ0v) is 48.0. The first kappa shape index (κ1) is 53.9. The van der Waals surface area contributed by atoms with Gasteiger partial charge in [-0.05, 0) is 0 Å². The first-order valence-corrected chi connectivity index (χ1v) is 32.3. The van der Waals surface area contributed by atoms with E-state index in [4.69, 9.17) is 114 Å². The molecule has 9 aromatic carbocycles. The average molecular weight is 1200 g/mol. The average Bonchev–Trinajstić information content (AvgIpc) is 3.36. The number of hydrogen-bond donors (Lipinski definition) is 0. The molecule has 0 atom stereocenters. The van der Waals surface area contributed by atoms with Gasteiger partial charge in [-0.2, -0.15) is 0 Å². The maximum absolute atomic E-state index is 8.32. The first-order chi connectivity index (χ1) is 33.8. The van der Waals surface area contributed by atoms with E-state index >= 15 is 0 Å². The van der Waals surface area contributed by atoms with Crippen LogP contribution in [0.5, 0.6) is 0 Å². The Labute approximate surface area is 466 Å². The topological polar surface area (TPSA) is 56.2 Å². The van der Waals surface area contributed by atoms with Crippen molar-refractivity contribution in [2.24, 2.45) is 0 Å². The monoisotopic (exact) mass is 1200 g/mol. The van der Waals surface area contributed by atoms with E-state index in [1.54, 1.807) is 0 Å². The molecule has 0 aromatic heterocycles. The van der Waals surface area contributed by atoms with Gasteiger partial charge in [0.25, 0.3) is 0 Å². The van der Waals surface area contributed by atoms with Gasteiger partial charge in [0.1, 0.15) is 0 Å². The smallest absolute Gasteiger partial charge is 2.00 e. The third-order valence-corrected chi connectivity index (χ3v) is 31.7. The Morgan fingerprint density at radius 2 is 0.296 bits per heavy atom. The van der Waals surface area contributed by atoms with Gasteiger partial charge in [-0.25, -0.2) is 0 Å². The molecule has 0 spiro atoms. The Morgan fingerprint density at radius 1 is 0.197 bits per heavy atom. The molecule has 0 radical (unpaired) electrons. The maximum Gasteiger partial charge on any atom is -2.00 e. The molecule has 0 heterocycles. The van der Waals surface area contributed by atoms with Crippen molar-refractivity contribution in [3.63, 3.8) is 0 Å². The van der Waals surface area contributed by atoms with Crippen LogP contribution in [0.1, 0.15) is 0 Å². The fraction of sp³-hybridized carbons (Fsp3) is 0. The molecule has 0 bridgehead atoms. The molecule has 0 saturated heterocycles. The number of halogens is 9. The van der Waals surface area contributed by atoms with Gasteiger partial charge in [0.15, 0.2) is 0 Å². The van der Waals surface area contributed by atoms with Crippen molar-refractivity contribution in [3.8, 4) is 0 Å². The zero-order valence-electron chi connectivity index (χ0n) is 36.8. The van der Waals surface area contributed by atoms with Gasteiger partial charge in [-0.3, -0.25) is 0 Å². The Hall–Kier alpha value is -3.33. The normalized spacial score (nSPS) is 11.8. The fourth-order valence-corrected chi connectivity index (χ4v) is 29.6. The molecule has 0 fully saturated rings. The predicted molar refractivity (Wildman–Crippen MR) is 301 cm³/mol. The summed E-state index contributed by atoms with van der Waals surface area (Å²) in [6.07, 6.45) is 0. The quantitative estimate of drug-likeness (QED) is 0.0759. The van der Waals surface area contributed by atoms with E-state index in [9.17, 15) is 0 Å². The van der Waals surface area contributed by atoms with Gasteiger partial charge in [-0.1, -0.05) is 0 Å². The minimum atomic E-state index is -3.98. The van der Waals surface area contributed by atoms with Gasteiger partial charge in [0, 0.05) is 0 Å². The zero-order chi connectivity index (χ0) is 49.0. The Balaban J connectivity index is 0.00000676. The molecule has 17 heteroatoms. The van der Waals surface area contributed by atoms with Crippen molar-refractivity contribution in [2.45, 2.75) is 0 Å². The van der Waals surface area contributed by atoms with Crippen molar-refractivity contribution in [1.29, 1.82) is 0 Å². The van der Waals surface area contributed by atoms with Gasteiger partial charge >= 0.3 is 466 Å². The van der Waals surface area contributed by atoms with Crippen LogP contribution >= 0.6 is 104 Å². The van der Waals surface area contributed by atoms with Crippen molar-refractivity contribution in [3.05, 3.63) is 264 Å². The van der Waals surface area contributed by atoms with E-state index < -0.39 is 41.2 Å². The molecule has 0 saturated carbocycles. The van der Waals surface area contributed by atoms with Crippen LogP contribution in [0.25, 0.3) is 0 Å². The van der Waals surface area contributed by atoms with Crippen LogP contribution in [0.2, 0.25) is 45.2 Å². The van der Waals surface area contributed by atoms with Crippen LogP contribution in [0, 0.1) is 0 Å². The van der Waals surface area contributed by atoms with Gasteiger partial charge in [0.05, 0.1) is 0 Å². The van der Waals surface area contributed by atoms with Crippen molar-refractivity contribution >= 4 is 176 Å². The Kier molecular flexibility index (Phi) is 17.8. The van der Waals surface area contributed by atoms with Crippen LogP contribution in [0.15, 0.2) is 218 Å². The fourth-order valence-electron chi connectivity index (χ4n) is 8.53. The van der Waals surface area contributed by atoms with E-state index in [-0.39, 0.29) is 5.48 Å². The van der Waals surface area contributed by atoms with Crippen molar-refractivity contribution < 1.29 is 31.7 Å². The molecule has 0 amide bonds. The molecule has 4 nitrogen and oxygen atoms in total. The molecule has 356 valence electrons. The summed E-state index contributed by atoms with van der Waals surface area (Å²) in [5.74, 6) is 0. The van der Waals surface area contributed by atoms with E-state index in [0.717, 1.165) is 46.7 Å². The molecule has 0 unspecified atom stereocenters. The number of benzene rings is 9. The van der Waals surface area contributed by atoms with Crippen LogP contribution in [-0.2, 0) is 31.7 Å². The van der Waals surface area contributed by atoms with E-state index in [0.29, 0.717) is 45.2 Å². The molecule has 0 aliphatic heterocycles. The largest absolute Gasteiger partial charge is 2.00 e. The molecular formula is C54H36Cl9O4Si3V. The Morgan fingerprint density at radius 3 is 0.394 bits per heavy atom. The maximum atomic E-state index is 8.32. The molecule has 9 aromatic rings. The molecule has 0 aliphatic carbocycles. The van der Waals surface area contributed by atoms with Crippen molar-refractivity contribution in [1.82, 2.24) is 0 Å². The number of rotatable bonds is 15. The van der Waals surface area contributed by atoms with E-state index in [2.05, 4.69) is 0 Å². The van der Waals surface area contributed by atoms with Gasteiger partial charge in [0.2, 0.25) is 0 Å². The summed E-state index contributed by atoms with van der Waals surface area (Å²) in [4.78, 5) is 0. The summed E-state index contributed by atoms with van der Waals surface area (Å²) in [6.45, 7) is 0. The second-order valence-corrected chi connectivity index (χ2v) is 33.1. The Bertz CT molecular complexity index is 2520. The first-order valence-electron chi connectivity index (χ1n) is 21.5. The summed E-state index contributed by atoms with van der Waals surface area (Å²) in [5.41, 5.74) is 0. The molecular weight excluding hydrogens is 1170 g/mol. The van der Waals surface area contributed by atoms with Gasteiger partial charge < -0.3 is 5.48 Å². The standard InChI is InChI=1S/3C18H12Cl3OSi.O.V/c3*19-13-1-7-16(8-2-13)23(22,17-9-3-14(20)4-10-17)18-11-5-15(21)6-12-18;;/h3*1-12H;;/q3*-1;-2;+5. The van der Waals surface area contributed by atoms with E-state index in [1.165, 1.54) is 0 Å². The molecule has 0 aliphatic rings. The summed E-state index contributed by atoms with van der Waals surface area (Å²) < 4.78 is 25.0. The molecule has 71 heavy (non-hydrogen) atoms. The third kappa shape index (κ3) is 11.5. The number of hydrogen-bond acceptors (Lipinski definition) is 3. The van der Waals surface area contributed by atoms with Crippen LogP contribution in [0.3, 0.4) is 0 Å². The second kappa shape index (κ2) is 23.5. The van der Waals surface area contributed by atoms with E-state index in [1.807, 2.05) is 218 Å². The third-order valence-electron chi connectivity index (χ3n) is 11.9. The predicted octanol–water partition coefficient (Wildman–Crippen LogP) is 12.2. The van der Waals surface area contributed by atoms with Crippen LogP contribution in [-0.4, -0.2) is 25.0 Å².